The lowest BCUT2D eigenvalue weighted by Crippen LogP contribution is -2.56. The molecule has 4 aliphatic rings. The molecule has 27 heavy (non-hydrogen) atoms. The van der Waals surface area contributed by atoms with Crippen molar-refractivity contribution in [1.29, 1.82) is 0 Å². The zero-order valence-electron chi connectivity index (χ0n) is 14.8. The van der Waals surface area contributed by atoms with Crippen molar-refractivity contribution in [2.75, 3.05) is 18.4 Å². The smallest absolute Gasteiger partial charge is 0.329 e. The van der Waals surface area contributed by atoms with E-state index in [4.69, 9.17) is 0 Å². The Morgan fingerprint density at radius 3 is 2.93 bits per heavy atom. The number of rotatable bonds is 3. The molecule has 9 heteroatoms. The van der Waals surface area contributed by atoms with Crippen LogP contribution in [0.1, 0.15) is 19.3 Å². The van der Waals surface area contributed by atoms with Gasteiger partial charge in [0.15, 0.2) is 5.82 Å². The van der Waals surface area contributed by atoms with Crippen molar-refractivity contribution in [3.63, 3.8) is 0 Å². The monoisotopic (exact) mass is 367 g/mol. The first-order valence-corrected chi connectivity index (χ1v) is 9.31. The molecule has 1 aromatic rings. The van der Waals surface area contributed by atoms with E-state index in [2.05, 4.69) is 31.0 Å². The van der Waals surface area contributed by atoms with Crippen LogP contribution in [0.4, 0.5) is 10.6 Å². The third-order valence-electron chi connectivity index (χ3n) is 5.32. The number of fused-ring (bicyclic) bond motifs is 3. The Bertz CT molecular complexity index is 833. The molecular formula is C18H21N7O2. The third kappa shape index (κ3) is 2.98. The Morgan fingerprint density at radius 1 is 1.26 bits per heavy atom. The number of hydrogen-bond donors (Lipinski definition) is 3. The molecule has 3 aliphatic heterocycles. The Morgan fingerprint density at radius 2 is 2.15 bits per heavy atom. The second kappa shape index (κ2) is 6.26. The van der Waals surface area contributed by atoms with Gasteiger partial charge in [0, 0.05) is 25.3 Å². The predicted molar refractivity (Wildman–Crippen MR) is 97.1 cm³/mol. The fourth-order valence-corrected chi connectivity index (χ4v) is 3.81. The van der Waals surface area contributed by atoms with E-state index in [0.717, 1.165) is 38.0 Å². The number of carbonyl (C=O) groups excluding carboxylic acids is 2. The molecule has 5 rings (SSSR count). The molecule has 2 bridgehead atoms. The maximum absolute atomic E-state index is 13.0. The summed E-state index contributed by atoms with van der Waals surface area (Å²) < 4.78 is 0. The standard InChI is InChI=1S/C18H21N7O2/c26-17(20-11-3-4-11)13-5-6-14-16(21-13)25(12-7-9-24(14)10-12)18(27)22-15-2-1-8-19-23-15/h1-2,5-6,8,11-13,21H,3-4,7,9-10H2,(H,20,26)(H,22,23,27)/t12-,13?/m0/s1. The summed E-state index contributed by atoms with van der Waals surface area (Å²) in [4.78, 5) is 29.5. The summed E-state index contributed by atoms with van der Waals surface area (Å²) in [7, 11) is 0. The van der Waals surface area contributed by atoms with Crippen LogP contribution in [-0.2, 0) is 4.79 Å². The summed E-state index contributed by atoms with van der Waals surface area (Å²) in [5.74, 6) is 1.03. The first-order chi connectivity index (χ1) is 13.2. The van der Waals surface area contributed by atoms with Crippen molar-refractivity contribution in [3.8, 4) is 0 Å². The van der Waals surface area contributed by atoms with E-state index in [9.17, 15) is 9.59 Å². The number of carbonyl (C=O) groups is 2. The topological polar surface area (TPSA) is 102 Å². The molecule has 0 spiro atoms. The lowest BCUT2D eigenvalue weighted by atomic mass is 10.1. The molecule has 2 atom stereocenters. The van der Waals surface area contributed by atoms with E-state index in [1.807, 2.05) is 12.2 Å². The minimum absolute atomic E-state index is 0.0532. The van der Waals surface area contributed by atoms with Crippen molar-refractivity contribution in [3.05, 3.63) is 42.0 Å². The van der Waals surface area contributed by atoms with Gasteiger partial charge in [0.1, 0.15) is 11.9 Å². The largest absolute Gasteiger partial charge is 0.366 e. The molecular weight excluding hydrogens is 346 g/mol. The molecule has 1 saturated carbocycles. The highest BCUT2D eigenvalue weighted by molar-refractivity contribution is 5.91. The van der Waals surface area contributed by atoms with Gasteiger partial charge < -0.3 is 15.5 Å². The van der Waals surface area contributed by atoms with Crippen LogP contribution in [0.2, 0.25) is 0 Å². The van der Waals surface area contributed by atoms with Crippen molar-refractivity contribution >= 4 is 17.8 Å². The maximum Gasteiger partial charge on any atom is 0.329 e. The van der Waals surface area contributed by atoms with Crippen LogP contribution in [-0.4, -0.2) is 63.2 Å². The maximum atomic E-state index is 13.0. The number of nitrogens with one attached hydrogen (secondary N) is 3. The molecule has 140 valence electrons. The van der Waals surface area contributed by atoms with Gasteiger partial charge in [-0.05, 0) is 37.5 Å². The van der Waals surface area contributed by atoms with Crippen LogP contribution in [0.15, 0.2) is 42.0 Å². The molecule has 1 saturated heterocycles. The van der Waals surface area contributed by atoms with Gasteiger partial charge in [-0.25, -0.2) is 4.79 Å². The summed E-state index contributed by atoms with van der Waals surface area (Å²) in [6.07, 6.45) is 8.34. The molecule has 3 amide bonds. The lowest BCUT2D eigenvalue weighted by Gasteiger charge is -2.40. The van der Waals surface area contributed by atoms with Gasteiger partial charge >= 0.3 is 6.03 Å². The van der Waals surface area contributed by atoms with E-state index in [-0.39, 0.29) is 18.0 Å². The van der Waals surface area contributed by atoms with Crippen LogP contribution >= 0.6 is 0 Å². The number of anilines is 1. The molecule has 0 radical (unpaired) electrons. The predicted octanol–water partition coefficient (Wildman–Crippen LogP) is 0.374. The number of nitrogens with zero attached hydrogens (tertiary/aromatic N) is 4. The summed E-state index contributed by atoms with van der Waals surface area (Å²) >= 11 is 0. The quantitative estimate of drug-likeness (QED) is 0.714. The average Bonchev–Trinajstić information content (AvgIpc) is 3.40. The fourth-order valence-electron chi connectivity index (χ4n) is 3.81. The number of hydrogen-bond acceptors (Lipinski definition) is 6. The van der Waals surface area contributed by atoms with E-state index >= 15 is 0 Å². The van der Waals surface area contributed by atoms with Crippen LogP contribution in [0.3, 0.4) is 0 Å². The highest BCUT2D eigenvalue weighted by Crippen LogP contribution is 2.33. The fraction of sp³-hybridized carbons (Fsp3) is 0.444. The second-order valence-electron chi connectivity index (χ2n) is 7.30. The summed E-state index contributed by atoms with van der Waals surface area (Å²) in [6, 6.07) is 3.04. The van der Waals surface area contributed by atoms with Gasteiger partial charge in [-0.3, -0.25) is 15.0 Å². The molecule has 0 aromatic carbocycles. The van der Waals surface area contributed by atoms with E-state index < -0.39 is 6.04 Å². The SMILES string of the molecule is O=C(NC1CC1)C1C=CC2=C(N1)N(C(=O)Nc1cccnn1)[C@H]1CCN2C1. The van der Waals surface area contributed by atoms with Gasteiger partial charge in [-0.15, -0.1) is 5.10 Å². The minimum atomic E-state index is -0.477. The van der Waals surface area contributed by atoms with Crippen LogP contribution < -0.4 is 16.0 Å². The van der Waals surface area contributed by atoms with Crippen LogP contribution in [0.5, 0.6) is 0 Å². The number of amides is 3. The first-order valence-electron chi connectivity index (χ1n) is 9.31. The van der Waals surface area contributed by atoms with Gasteiger partial charge in [-0.1, -0.05) is 6.08 Å². The highest BCUT2D eigenvalue weighted by atomic mass is 16.2. The van der Waals surface area contributed by atoms with Crippen LogP contribution in [0, 0.1) is 0 Å². The van der Waals surface area contributed by atoms with Crippen molar-refractivity contribution in [1.82, 2.24) is 30.6 Å². The molecule has 4 heterocycles. The Balaban J connectivity index is 1.39. The van der Waals surface area contributed by atoms with Gasteiger partial charge in [-0.2, -0.15) is 5.10 Å². The molecule has 1 aliphatic carbocycles. The van der Waals surface area contributed by atoms with Gasteiger partial charge in [0.05, 0.1) is 11.7 Å². The number of dihydropyridines is 1. The summed E-state index contributed by atoms with van der Waals surface area (Å²) in [5.41, 5.74) is 0.952. The van der Waals surface area contributed by atoms with Crippen molar-refractivity contribution in [2.45, 2.75) is 37.4 Å². The van der Waals surface area contributed by atoms with Crippen molar-refractivity contribution < 1.29 is 9.59 Å². The normalized spacial score (nSPS) is 25.8. The van der Waals surface area contributed by atoms with Gasteiger partial charge in [0.2, 0.25) is 5.91 Å². The van der Waals surface area contributed by atoms with Gasteiger partial charge in [0.25, 0.3) is 0 Å². The Kier molecular flexibility index (Phi) is 3.73. The molecule has 1 aromatic heterocycles. The summed E-state index contributed by atoms with van der Waals surface area (Å²) in [6.45, 7) is 1.68. The Labute approximate surface area is 156 Å². The molecule has 1 unspecified atom stereocenters. The zero-order valence-corrected chi connectivity index (χ0v) is 14.8. The van der Waals surface area contributed by atoms with Crippen LogP contribution in [0.25, 0.3) is 0 Å². The third-order valence-corrected chi connectivity index (χ3v) is 5.32. The first kappa shape index (κ1) is 16.1. The van der Waals surface area contributed by atoms with E-state index in [0.29, 0.717) is 17.7 Å². The van der Waals surface area contributed by atoms with E-state index in [1.165, 1.54) is 0 Å². The second-order valence-corrected chi connectivity index (χ2v) is 7.30. The average molecular weight is 367 g/mol. The summed E-state index contributed by atoms with van der Waals surface area (Å²) in [5, 5.41) is 16.8. The number of aromatic nitrogens is 2. The minimum Gasteiger partial charge on any atom is -0.366 e. The number of allylic oxidation sites excluding steroid dienone is 1. The van der Waals surface area contributed by atoms with E-state index in [1.54, 1.807) is 23.2 Å². The van der Waals surface area contributed by atoms with Crippen molar-refractivity contribution in [2.24, 2.45) is 0 Å². The molecule has 3 N–H and O–H groups in total. The highest BCUT2D eigenvalue weighted by Gasteiger charge is 2.42. The Hall–Kier alpha value is -3.10. The zero-order chi connectivity index (χ0) is 18.4. The molecule has 9 nitrogen and oxygen atoms in total. The molecule has 2 fully saturated rings. The lowest BCUT2D eigenvalue weighted by molar-refractivity contribution is -0.122. The number of urea groups is 1.